The summed E-state index contributed by atoms with van der Waals surface area (Å²) in [6.45, 7) is 1.49. The number of hydrogen-bond acceptors (Lipinski definition) is 4. The number of carbonyl (C=O) groups is 2. The van der Waals surface area contributed by atoms with Gasteiger partial charge in [0, 0.05) is 25.1 Å². The van der Waals surface area contributed by atoms with Gasteiger partial charge in [-0.2, -0.15) is 0 Å². The van der Waals surface area contributed by atoms with Crippen molar-refractivity contribution in [1.82, 2.24) is 4.90 Å². The molecule has 0 aromatic heterocycles. The standard InChI is InChI=1S/C20H27NO5/c1-25-17-7-13(8-18(10-17)26-2)6-14-11-21(12-14)19(22)15-4-3-5-16(9-15)20(23)24/h7-8,10,14-16H,3-6,9,11-12H2,1-2H3,(H,23,24). The molecule has 2 atom stereocenters. The van der Waals surface area contributed by atoms with Gasteiger partial charge in [-0.3, -0.25) is 9.59 Å². The van der Waals surface area contributed by atoms with Crippen LogP contribution < -0.4 is 9.47 Å². The molecule has 1 aliphatic carbocycles. The lowest BCUT2D eigenvalue weighted by Crippen LogP contribution is -2.53. The quantitative estimate of drug-likeness (QED) is 0.843. The molecular weight excluding hydrogens is 334 g/mol. The Hall–Kier alpha value is -2.24. The van der Waals surface area contributed by atoms with Crippen molar-refractivity contribution in [1.29, 1.82) is 0 Å². The molecule has 0 bridgehead atoms. The van der Waals surface area contributed by atoms with Crippen LogP contribution in [-0.2, 0) is 16.0 Å². The van der Waals surface area contributed by atoms with Gasteiger partial charge in [-0.05, 0) is 49.3 Å². The number of aliphatic carboxylic acids is 1. The average molecular weight is 361 g/mol. The van der Waals surface area contributed by atoms with Crippen LogP contribution in [0.25, 0.3) is 0 Å². The van der Waals surface area contributed by atoms with Crippen LogP contribution in [0.15, 0.2) is 18.2 Å². The molecule has 26 heavy (non-hydrogen) atoms. The second kappa shape index (κ2) is 7.98. The van der Waals surface area contributed by atoms with Gasteiger partial charge >= 0.3 is 5.97 Å². The van der Waals surface area contributed by atoms with Crippen molar-refractivity contribution in [3.63, 3.8) is 0 Å². The van der Waals surface area contributed by atoms with Gasteiger partial charge in [0.1, 0.15) is 11.5 Å². The fourth-order valence-electron chi connectivity index (χ4n) is 4.09. The molecule has 1 aromatic rings. The molecule has 1 amide bonds. The summed E-state index contributed by atoms with van der Waals surface area (Å²) in [5.41, 5.74) is 1.14. The lowest BCUT2D eigenvalue weighted by Gasteiger charge is -2.42. The van der Waals surface area contributed by atoms with Gasteiger partial charge in [-0.1, -0.05) is 6.42 Å². The molecule has 2 unspecified atom stereocenters. The molecule has 1 aliphatic heterocycles. The highest BCUT2D eigenvalue weighted by Crippen LogP contribution is 2.33. The number of methoxy groups -OCH3 is 2. The summed E-state index contributed by atoms with van der Waals surface area (Å²) >= 11 is 0. The fraction of sp³-hybridized carbons (Fsp3) is 0.600. The van der Waals surface area contributed by atoms with Crippen molar-refractivity contribution < 1.29 is 24.2 Å². The summed E-state index contributed by atoms with van der Waals surface area (Å²) in [4.78, 5) is 25.7. The molecule has 0 radical (unpaired) electrons. The number of hydrogen-bond donors (Lipinski definition) is 1. The Kier molecular flexibility index (Phi) is 5.69. The first-order valence-corrected chi connectivity index (χ1v) is 9.23. The minimum absolute atomic E-state index is 0.122. The number of ether oxygens (including phenoxy) is 2. The minimum atomic E-state index is -0.768. The van der Waals surface area contributed by atoms with Crippen LogP contribution in [0.2, 0.25) is 0 Å². The molecule has 3 rings (SSSR count). The normalized spacial score (nSPS) is 23.2. The zero-order valence-corrected chi connectivity index (χ0v) is 15.4. The van der Waals surface area contributed by atoms with E-state index in [4.69, 9.17) is 9.47 Å². The van der Waals surface area contributed by atoms with Gasteiger partial charge in [0.15, 0.2) is 0 Å². The van der Waals surface area contributed by atoms with Crippen LogP contribution in [0.1, 0.15) is 31.2 Å². The van der Waals surface area contributed by atoms with Crippen LogP contribution in [-0.4, -0.2) is 49.2 Å². The van der Waals surface area contributed by atoms with Crippen LogP contribution in [0.4, 0.5) is 0 Å². The highest BCUT2D eigenvalue weighted by molar-refractivity contribution is 5.81. The first-order chi connectivity index (χ1) is 12.5. The molecule has 1 N–H and O–H groups in total. The third-order valence-electron chi connectivity index (χ3n) is 5.58. The van der Waals surface area contributed by atoms with E-state index in [2.05, 4.69) is 0 Å². The summed E-state index contributed by atoms with van der Waals surface area (Å²) in [5.74, 6) is 0.852. The Morgan fingerprint density at radius 2 is 1.69 bits per heavy atom. The van der Waals surface area contributed by atoms with E-state index < -0.39 is 5.97 Å². The van der Waals surface area contributed by atoms with Crippen molar-refractivity contribution >= 4 is 11.9 Å². The van der Waals surface area contributed by atoms with E-state index in [1.807, 2.05) is 23.1 Å². The lowest BCUT2D eigenvalue weighted by atomic mass is 9.79. The number of benzene rings is 1. The molecule has 2 fully saturated rings. The van der Waals surface area contributed by atoms with Crippen molar-refractivity contribution in [2.45, 2.75) is 32.1 Å². The number of amides is 1. The highest BCUT2D eigenvalue weighted by Gasteiger charge is 2.37. The van der Waals surface area contributed by atoms with Crippen molar-refractivity contribution in [3.05, 3.63) is 23.8 Å². The molecule has 142 valence electrons. The summed E-state index contributed by atoms with van der Waals surface area (Å²) in [6.07, 6.45) is 3.70. The Labute approximate surface area is 154 Å². The molecule has 6 heteroatoms. The van der Waals surface area contributed by atoms with Gasteiger partial charge in [0.25, 0.3) is 0 Å². The number of likely N-dealkylation sites (tertiary alicyclic amines) is 1. The van der Waals surface area contributed by atoms with Gasteiger partial charge in [0.2, 0.25) is 5.91 Å². The summed E-state index contributed by atoms with van der Waals surface area (Å²) in [6, 6.07) is 5.86. The molecule has 1 aromatic carbocycles. The largest absolute Gasteiger partial charge is 0.497 e. The topological polar surface area (TPSA) is 76.1 Å². The number of carboxylic acids is 1. The second-order valence-electron chi connectivity index (χ2n) is 7.43. The summed E-state index contributed by atoms with van der Waals surface area (Å²) in [5, 5.41) is 9.19. The fourth-order valence-corrected chi connectivity index (χ4v) is 4.09. The van der Waals surface area contributed by atoms with Crippen molar-refractivity contribution in [3.8, 4) is 11.5 Å². The predicted octanol–water partition coefficient (Wildman–Crippen LogP) is 2.60. The number of carbonyl (C=O) groups excluding carboxylic acids is 1. The average Bonchev–Trinajstić information content (AvgIpc) is 2.63. The van der Waals surface area contributed by atoms with E-state index in [0.717, 1.165) is 49.4 Å². The Balaban J connectivity index is 1.52. The first kappa shape index (κ1) is 18.5. The lowest BCUT2D eigenvalue weighted by molar-refractivity contribution is -0.148. The summed E-state index contributed by atoms with van der Waals surface area (Å²) in [7, 11) is 3.27. The Morgan fingerprint density at radius 3 is 2.27 bits per heavy atom. The smallest absolute Gasteiger partial charge is 0.306 e. The molecule has 2 aliphatic rings. The van der Waals surface area contributed by atoms with E-state index in [1.165, 1.54) is 0 Å². The van der Waals surface area contributed by atoms with E-state index in [0.29, 0.717) is 18.8 Å². The van der Waals surface area contributed by atoms with E-state index >= 15 is 0 Å². The van der Waals surface area contributed by atoms with Crippen LogP contribution in [0, 0.1) is 17.8 Å². The maximum absolute atomic E-state index is 12.6. The van der Waals surface area contributed by atoms with Gasteiger partial charge in [-0.25, -0.2) is 0 Å². The number of carboxylic acid groups (broad SMARTS) is 1. The van der Waals surface area contributed by atoms with E-state index in [-0.39, 0.29) is 17.7 Å². The van der Waals surface area contributed by atoms with Crippen molar-refractivity contribution in [2.24, 2.45) is 17.8 Å². The molecule has 6 nitrogen and oxygen atoms in total. The molecule has 0 spiro atoms. The predicted molar refractivity (Wildman–Crippen MR) is 96.4 cm³/mol. The van der Waals surface area contributed by atoms with Crippen LogP contribution in [0.3, 0.4) is 0 Å². The third kappa shape index (κ3) is 4.11. The monoisotopic (exact) mass is 361 g/mol. The second-order valence-corrected chi connectivity index (χ2v) is 7.43. The highest BCUT2D eigenvalue weighted by atomic mass is 16.5. The van der Waals surface area contributed by atoms with Gasteiger partial charge in [0.05, 0.1) is 20.1 Å². The summed E-state index contributed by atoms with van der Waals surface area (Å²) < 4.78 is 10.6. The maximum Gasteiger partial charge on any atom is 0.306 e. The van der Waals surface area contributed by atoms with E-state index in [1.54, 1.807) is 14.2 Å². The van der Waals surface area contributed by atoms with Crippen LogP contribution >= 0.6 is 0 Å². The van der Waals surface area contributed by atoms with E-state index in [9.17, 15) is 14.7 Å². The Morgan fingerprint density at radius 1 is 1.08 bits per heavy atom. The molecule has 1 saturated carbocycles. The minimum Gasteiger partial charge on any atom is -0.497 e. The third-order valence-corrected chi connectivity index (χ3v) is 5.58. The maximum atomic E-state index is 12.6. The molecule has 1 saturated heterocycles. The molecule has 1 heterocycles. The van der Waals surface area contributed by atoms with Crippen molar-refractivity contribution in [2.75, 3.05) is 27.3 Å². The zero-order valence-electron chi connectivity index (χ0n) is 15.4. The number of rotatable bonds is 6. The molecular formula is C20H27NO5. The van der Waals surface area contributed by atoms with Gasteiger partial charge in [-0.15, -0.1) is 0 Å². The Bertz CT molecular complexity index is 646. The first-order valence-electron chi connectivity index (χ1n) is 9.23. The zero-order chi connectivity index (χ0) is 18.7. The van der Waals surface area contributed by atoms with Crippen LogP contribution in [0.5, 0.6) is 11.5 Å². The van der Waals surface area contributed by atoms with Gasteiger partial charge < -0.3 is 19.5 Å². The SMILES string of the molecule is COc1cc(CC2CN(C(=O)C3CCCC(C(=O)O)C3)C2)cc(OC)c1. The number of nitrogens with zero attached hydrogens (tertiary/aromatic N) is 1.